The summed E-state index contributed by atoms with van der Waals surface area (Å²) in [6.45, 7) is 5.19. The molecular weight excluding hydrogens is 245 g/mol. The maximum absolute atomic E-state index is 13.0. The molecule has 0 atom stereocenters. The van der Waals surface area contributed by atoms with Crippen LogP contribution in [-0.2, 0) is 6.54 Å². The molecule has 1 aromatic rings. The Hall–Kier alpha value is -0.510. The molecule has 16 heavy (non-hydrogen) atoms. The summed E-state index contributed by atoms with van der Waals surface area (Å²) in [5, 5.41) is 3.68. The van der Waals surface area contributed by atoms with E-state index in [1.54, 1.807) is 6.07 Å². The number of benzene rings is 1. The summed E-state index contributed by atoms with van der Waals surface area (Å²) < 4.78 is 13.0. The fourth-order valence-corrected chi connectivity index (χ4v) is 2.12. The molecule has 0 aliphatic rings. The summed E-state index contributed by atoms with van der Waals surface area (Å²) >= 11 is 7.56. The molecule has 1 N–H and O–H groups in total. The minimum atomic E-state index is -0.287. The van der Waals surface area contributed by atoms with Gasteiger partial charge in [-0.1, -0.05) is 17.7 Å². The van der Waals surface area contributed by atoms with Crippen LogP contribution in [-0.4, -0.2) is 18.1 Å². The van der Waals surface area contributed by atoms with Crippen LogP contribution in [0.3, 0.4) is 0 Å². The van der Waals surface area contributed by atoms with Gasteiger partial charge < -0.3 is 5.32 Å². The molecule has 0 bridgehead atoms. The average molecular weight is 260 g/mol. The van der Waals surface area contributed by atoms with Crippen LogP contribution in [0.2, 0.25) is 5.02 Å². The normalized spacial score (nSPS) is 10.4. The van der Waals surface area contributed by atoms with Crippen molar-refractivity contribution in [1.29, 1.82) is 0 Å². The van der Waals surface area contributed by atoms with E-state index >= 15 is 0 Å². The molecule has 0 spiro atoms. The van der Waals surface area contributed by atoms with E-state index in [1.165, 1.54) is 12.1 Å². The lowest BCUT2D eigenvalue weighted by molar-refractivity contribution is 0.622. The van der Waals surface area contributed by atoms with Crippen molar-refractivity contribution in [2.24, 2.45) is 0 Å². The molecular formula is C12H15ClFNS. The Labute approximate surface area is 105 Å². The van der Waals surface area contributed by atoms with Gasteiger partial charge >= 0.3 is 0 Å². The number of hydrogen-bond donors (Lipinski definition) is 1. The molecule has 1 aromatic carbocycles. The quantitative estimate of drug-likeness (QED) is 0.594. The standard InChI is InChI=1S/C12H15ClFNS/c1-2-4-16-5-3-15-9-10-6-11(13)8-12(14)7-10/h2,6-8,15H,1,3-5,9H2. The van der Waals surface area contributed by atoms with Gasteiger partial charge in [0.1, 0.15) is 5.82 Å². The Morgan fingerprint density at radius 3 is 2.94 bits per heavy atom. The number of nitrogens with one attached hydrogen (secondary N) is 1. The third kappa shape index (κ3) is 5.54. The van der Waals surface area contributed by atoms with Gasteiger partial charge in [-0.25, -0.2) is 4.39 Å². The largest absolute Gasteiger partial charge is 0.312 e. The molecule has 0 aromatic heterocycles. The SMILES string of the molecule is C=CCSCCNCc1cc(F)cc(Cl)c1. The van der Waals surface area contributed by atoms with E-state index in [0.29, 0.717) is 11.6 Å². The summed E-state index contributed by atoms with van der Waals surface area (Å²) in [7, 11) is 0. The summed E-state index contributed by atoms with van der Waals surface area (Å²) in [5.74, 6) is 1.70. The first-order valence-electron chi connectivity index (χ1n) is 5.06. The van der Waals surface area contributed by atoms with Crippen LogP contribution in [0.4, 0.5) is 4.39 Å². The fourth-order valence-electron chi connectivity index (χ4n) is 1.26. The fraction of sp³-hybridized carbons (Fsp3) is 0.333. The Morgan fingerprint density at radius 1 is 1.44 bits per heavy atom. The van der Waals surface area contributed by atoms with Crippen molar-refractivity contribution in [3.63, 3.8) is 0 Å². The average Bonchev–Trinajstić information content (AvgIpc) is 2.22. The van der Waals surface area contributed by atoms with Gasteiger partial charge in [0.15, 0.2) is 0 Å². The van der Waals surface area contributed by atoms with Crippen LogP contribution in [0.25, 0.3) is 0 Å². The lowest BCUT2D eigenvalue weighted by atomic mass is 10.2. The second-order valence-electron chi connectivity index (χ2n) is 3.32. The summed E-state index contributed by atoms with van der Waals surface area (Å²) in [4.78, 5) is 0. The first-order chi connectivity index (χ1) is 7.72. The van der Waals surface area contributed by atoms with Crippen LogP contribution in [0.5, 0.6) is 0 Å². The first kappa shape index (κ1) is 13.6. The molecule has 0 amide bonds. The van der Waals surface area contributed by atoms with E-state index in [-0.39, 0.29) is 5.82 Å². The zero-order chi connectivity index (χ0) is 11.8. The second-order valence-corrected chi connectivity index (χ2v) is 4.90. The van der Waals surface area contributed by atoms with Gasteiger partial charge in [-0.2, -0.15) is 11.8 Å². The van der Waals surface area contributed by atoms with Crippen LogP contribution in [0.1, 0.15) is 5.56 Å². The smallest absolute Gasteiger partial charge is 0.125 e. The monoisotopic (exact) mass is 259 g/mol. The summed E-state index contributed by atoms with van der Waals surface area (Å²) in [5.41, 5.74) is 0.874. The molecule has 0 unspecified atom stereocenters. The number of thioether (sulfide) groups is 1. The molecule has 88 valence electrons. The van der Waals surface area contributed by atoms with Crippen LogP contribution in [0, 0.1) is 5.82 Å². The topological polar surface area (TPSA) is 12.0 Å². The molecule has 4 heteroatoms. The Balaban J connectivity index is 2.23. The van der Waals surface area contributed by atoms with Crippen molar-refractivity contribution in [3.05, 3.63) is 47.3 Å². The number of hydrogen-bond acceptors (Lipinski definition) is 2. The van der Waals surface area contributed by atoms with Crippen molar-refractivity contribution in [2.75, 3.05) is 18.1 Å². The minimum Gasteiger partial charge on any atom is -0.312 e. The van der Waals surface area contributed by atoms with Crippen molar-refractivity contribution in [3.8, 4) is 0 Å². The predicted molar refractivity (Wildman–Crippen MR) is 70.6 cm³/mol. The molecule has 1 nitrogen and oxygen atoms in total. The van der Waals surface area contributed by atoms with Gasteiger partial charge in [0.05, 0.1) is 0 Å². The van der Waals surface area contributed by atoms with E-state index in [0.717, 1.165) is 23.6 Å². The molecule has 0 fully saturated rings. The summed E-state index contributed by atoms with van der Waals surface area (Å²) in [6, 6.07) is 4.58. The van der Waals surface area contributed by atoms with Crippen LogP contribution >= 0.6 is 23.4 Å². The minimum absolute atomic E-state index is 0.287. The Kier molecular flexibility index (Phi) is 6.53. The van der Waals surface area contributed by atoms with Gasteiger partial charge in [-0.05, 0) is 23.8 Å². The van der Waals surface area contributed by atoms with Gasteiger partial charge in [0.2, 0.25) is 0 Å². The highest BCUT2D eigenvalue weighted by Gasteiger charge is 1.98. The Bertz CT molecular complexity index is 324. The third-order valence-corrected chi connectivity index (χ3v) is 3.09. The van der Waals surface area contributed by atoms with E-state index in [9.17, 15) is 4.39 Å². The highest BCUT2D eigenvalue weighted by atomic mass is 35.5. The van der Waals surface area contributed by atoms with E-state index in [2.05, 4.69) is 11.9 Å². The van der Waals surface area contributed by atoms with Gasteiger partial charge in [-0.3, -0.25) is 0 Å². The molecule has 0 saturated heterocycles. The highest BCUT2D eigenvalue weighted by molar-refractivity contribution is 7.99. The lowest BCUT2D eigenvalue weighted by Gasteiger charge is -2.05. The lowest BCUT2D eigenvalue weighted by Crippen LogP contribution is -2.16. The van der Waals surface area contributed by atoms with E-state index in [1.807, 2.05) is 17.8 Å². The molecule has 0 aliphatic heterocycles. The van der Waals surface area contributed by atoms with Crippen molar-refractivity contribution < 1.29 is 4.39 Å². The molecule has 0 radical (unpaired) electrons. The predicted octanol–water partition coefficient (Wildman–Crippen LogP) is 3.49. The van der Waals surface area contributed by atoms with Crippen molar-refractivity contribution in [2.45, 2.75) is 6.54 Å². The number of rotatable bonds is 7. The van der Waals surface area contributed by atoms with Crippen LogP contribution < -0.4 is 5.32 Å². The maximum atomic E-state index is 13.0. The van der Waals surface area contributed by atoms with Crippen LogP contribution in [0.15, 0.2) is 30.9 Å². The van der Waals surface area contributed by atoms with Gasteiger partial charge in [-0.15, -0.1) is 6.58 Å². The zero-order valence-electron chi connectivity index (χ0n) is 9.01. The van der Waals surface area contributed by atoms with E-state index in [4.69, 9.17) is 11.6 Å². The maximum Gasteiger partial charge on any atom is 0.125 e. The number of halogens is 2. The van der Waals surface area contributed by atoms with Crippen molar-refractivity contribution >= 4 is 23.4 Å². The van der Waals surface area contributed by atoms with Gasteiger partial charge in [0, 0.05) is 29.6 Å². The third-order valence-electron chi connectivity index (χ3n) is 1.91. The molecule has 0 heterocycles. The van der Waals surface area contributed by atoms with Gasteiger partial charge in [0.25, 0.3) is 0 Å². The molecule has 0 aliphatic carbocycles. The zero-order valence-corrected chi connectivity index (χ0v) is 10.6. The second kappa shape index (κ2) is 7.71. The highest BCUT2D eigenvalue weighted by Crippen LogP contribution is 2.13. The first-order valence-corrected chi connectivity index (χ1v) is 6.60. The Morgan fingerprint density at radius 2 is 2.25 bits per heavy atom. The molecule has 0 saturated carbocycles. The van der Waals surface area contributed by atoms with Crippen molar-refractivity contribution in [1.82, 2.24) is 5.32 Å². The van der Waals surface area contributed by atoms with E-state index < -0.39 is 0 Å². The molecule has 1 rings (SSSR count). The summed E-state index contributed by atoms with van der Waals surface area (Å²) in [6.07, 6.45) is 1.89.